The predicted octanol–water partition coefficient (Wildman–Crippen LogP) is 3.87. The Morgan fingerprint density at radius 3 is 2.82 bits per heavy atom. The molecule has 0 atom stereocenters. The van der Waals surface area contributed by atoms with Gasteiger partial charge in [-0.3, -0.25) is 14.5 Å². The second kappa shape index (κ2) is 9.08. The molecule has 6 nitrogen and oxygen atoms in total. The molecule has 0 bridgehead atoms. The number of para-hydroxylation sites is 2. The van der Waals surface area contributed by atoms with E-state index in [1.54, 1.807) is 19.3 Å². The lowest BCUT2D eigenvalue weighted by atomic mass is 10.1. The Morgan fingerprint density at radius 1 is 1.21 bits per heavy atom. The summed E-state index contributed by atoms with van der Waals surface area (Å²) in [4.78, 5) is 26.0. The fourth-order valence-corrected chi connectivity index (χ4v) is 2.92. The Bertz CT molecular complexity index is 892. The van der Waals surface area contributed by atoms with Crippen molar-refractivity contribution >= 4 is 29.3 Å². The largest absolute Gasteiger partial charge is 0.493 e. The molecule has 0 unspecified atom stereocenters. The maximum absolute atomic E-state index is 12.7. The molecule has 2 aromatic rings. The second-order valence-electron chi connectivity index (χ2n) is 6.44. The molecule has 2 amide bonds. The van der Waals surface area contributed by atoms with E-state index in [9.17, 15) is 9.59 Å². The highest BCUT2D eigenvalue weighted by Gasteiger charge is 2.25. The molecule has 6 heteroatoms. The number of methoxy groups -OCH3 is 1. The Hall–Kier alpha value is -3.28. The van der Waals surface area contributed by atoms with E-state index in [0.717, 1.165) is 18.4 Å². The van der Waals surface area contributed by atoms with Crippen LogP contribution in [0.25, 0.3) is 6.08 Å². The van der Waals surface area contributed by atoms with Gasteiger partial charge in [0.05, 0.1) is 25.1 Å². The van der Waals surface area contributed by atoms with Crippen molar-refractivity contribution in [1.29, 1.82) is 0 Å². The molecule has 1 aliphatic heterocycles. The normalized spacial score (nSPS) is 13.2. The molecule has 0 aromatic heterocycles. The number of nitrogens with zero attached hydrogens (tertiary/aromatic N) is 1. The van der Waals surface area contributed by atoms with E-state index in [2.05, 4.69) is 12.2 Å². The van der Waals surface area contributed by atoms with E-state index in [0.29, 0.717) is 29.5 Å². The molecular formula is C22H24N2O4. The van der Waals surface area contributed by atoms with Crippen molar-refractivity contribution in [2.75, 3.05) is 30.5 Å². The van der Waals surface area contributed by atoms with Gasteiger partial charge in [0.25, 0.3) is 5.91 Å². The first-order valence-corrected chi connectivity index (χ1v) is 9.31. The lowest BCUT2D eigenvalue weighted by Gasteiger charge is -2.28. The summed E-state index contributed by atoms with van der Waals surface area (Å²) in [6.07, 6.45) is 5.20. The van der Waals surface area contributed by atoms with Crippen LogP contribution in [-0.2, 0) is 9.59 Å². The highest BCUT2D eigenvalue weighted by molar-refractivity contribution is 6.13. The van der Waals surface area contributed by atoms with Crippen LogP contribution in [-0.4, -0.2) is 32.1 Å². The minimum atomic E-state index is -0.260. The maximum atomic E-state index is 12.7. The summed E-state index contributed by atoms with van der Waals surface area (Å²) in [5.74, 6) is 0.828. The summed E-state index contributed by atoms with van der Waals surface area (Å²) in [5.41, 5.74) is 2.13. The van der Waals surface area contributed by atoms with Crippen LogP contribution in [0.5, 0.6) is 11.5 Å². The number of rotatable bonds is 7. The van der Waals surface area contributed by atoms with E-state index in [-0.39, 0.29) is 18.4 Å². The van der Waals surface area contributed by atoms with E-state index >= 15 is 0 Å². The van der Waals surface area contributed by atoms with Gasteiger partial charge in [-0.05, 0) is 42.3 Å². The summed E-state index contributed by atoms with van der Waals surface area (Å²) in [6.45, 7) is 2.74. The van der Waals surface area contributed by atoms with Crippen molar-refractivity contribution < 1.29 is 19.1 Å². The smallest absolute Gasteiger partial charge is 0.251 e. The molecule has 0 saturated heterocycles. The number of fused-ring (bicyclic) bond motifs is 1. The van der Waals surface area contributed by atoms with Gasteiger partial charge in [-0.1, -0.05) is 31.5 Å². The van der Waals surface area contributed by atoms with Crippen molar-refractivity contribution in [3.8, 4) is 11.5 Å². The highest BCUT2D eigenvalue weighted by atomic mass is 16.5. The number of benzene rings is 2. The minimum Gasteiger partial charge on any atom is -0.493 e. The Morgan fingerprint density at radius 2 is 2.04 bits per heavy atom. The van der Waals surface area contributed by atoms with Crippen LogP contribution in [0.3, 0.4) is 0 Å². The molecular weight excluding hydrogens is 356 g/mol. The summed E-state index contributed by atoms with van der Waals surface area (Å²) in [7, 11) is 1.59. The van der Waals surface area contributed by atoms with Gasteiger partial charge in [-0.2, -0.15) is 0 Å². The number of ether oxygens (including phenoxy) is 2. The Labute approximate surface area is 164 Å². The summed E-state index contributed by atoms with van der Waals surface area (Å²) in [6, 6.07) is 12.8. The Kier molecular flexibility index (Phi) is 6.32. The monoisotopic (exact) mass is 380 g/mol. The van der Waals surface area contributed by atoms with E-state index in [1.165, 1.54) is 11.0 Å². The third-order valence-corrected chi connectivity index (χ3v) is 4.40. The fraction of sp³-hybridized carbons (Fsp3) is 0.273. The van der Waals surface area contributed by atoms with Crippen LogP contribution in [0.2, 0.25) is 0 Å². The first kappa shape index (κ1) is 19.5. The van der Waals surface area contributed by atoms with Crippen LogP contribution in [0.1, 0.15) is 25.3 Å². The zero-order valence-electron chi connectivity index (χ0n) is 16.1. The van der Waals surface area contributed by atoms with E-state index < -0.39 is 0 Å². The number of anilines is 2. The fourth-order valence-electron chi connectivity index (χ4n) is 2.92. The van der Waals surface area contributed by atoms with Crippen molar-refractivity contribution in [2.24, 2.45) is 0 Å². The molecule has 0 fully saturated rings. The number of amides is 2. The summed E-state index contributed by atoms with van der Waals surface area (Å²) < 4.78 is 11.1. The van der Waals surface area contributed by atoms with Gasteiger partial charge < -0.3 is 14.8 Å². The lowest BCUT2D eigenvalue weighted by Crippen LogP contribution is -2.41. The van der Waals surface area contributed by atoms with Crippen LogP contribution < -0.4 is 19.7 Å². The van der Waals surface area contributed by atoms with Gasteiger partial charge in [0, 0.05) is 6.08 Å². The van der Waals surface area contributed by atoms with Crippen molar-refractivity contribution in [1.82, 2.24) is 0 Å². The average Bonchev–Trinajstić information content (AvgIpc) is 2.72. The van der Waals surface area contributed by atoms with Gasteiger partial charge in [-0.25, -0.2) is 0 Å². The van der Waals surface area contributed by atoms with Gasteiger partial charge in [0.2, 0.25) is 5.91 Å². The van der Waals surface area contributed by atoms with E-state index in [4.69, 9.17) is 9.47 Å². The third-order valence-electron chi connectivity index (χ3n) is 4.40. The second-order valence-corrected chi connectivity index (χ2v) is 6.44. The van der Waals surface area contributed by atoms with Gasteiger partial charge in [0.1, 0.15) is 6.54 Å². The van der Waals surface area contributed by atoms with E-state index in [1.807, 2.05) is 36.4 Å². The zero-order chi connectivity index (χ0) is 19.9. The number of hydrogen-bond donors (Lipinski definition) is 1. The number of carbonyl (C=O) groups excluding carboxylic acids is 2. The molecule has 2 aromatic carbocycles. The number of hydrogen-bond acceptors (Lipinski definition) is 4. The molecule has 1 N–H and O–H groups in total. The van der Waals surface area contributed by atoms with Crippen molar-refractivity contribution in [3.05, 3.63) is 54.1 Å². The lowest BCUT2D eigenvalue weighted by molar-refractivity contribution is -0.119. The molecule has 146 valence electrons. The van der Waals surface area contributed by atoms with Crippen molar-refractivity contribution in [3.63, 3.8) is 0 Å². The molecule has 0 saturated carbocycles. The van der Waals surface area contributed by atoms with Gasteiger partial charge in [0.15, 0.2) is 11.5 Å². The molecule has 0 radical (unpaired) electrons. The highest BCUT2D eigenvalue weighted by Crippen LogP contribution is 2.30. The molecule has 1 heterocycles. The maximum Gasteiger partial charge on any atom is 0.251 e. The SMILES string of the molecule is CCCCOc1ccc(/C=C/C(=O)N2CC(=O)Nc3ccccc32)cc1OC. The minimum absolute atomic E-state index is 0.00624. The van der Waals surface area contributed by atoms with Crippen LogP contribution in [0.15, 0.2) is 48.5 Å². The number of nitrogens with one attached hydrogen (secondary N) is 1. The third kappa shape index (κ3) is 4.52. The molecule has 28 heavy (non-hydrogen) atoms. The Balaban J connectivity index is 1.75. The average molecular weight is 380 g/mol. The standard InChI is InChI=1S/C22H24N2O4/c1-3-4-13-28-19-11-9-16(14-20(19)27-2)10-12-22(26)24-15-21(25)23-17-7-5-6-8-18(17)24/h5-12,14H,3-4,13,15H2,1-2H3,(H,23,25)/b12-10+. The topological polar surface area (TPSA) is 67.9 Å². The molecule has 3 rings (SSSR count). The first-order valence-electron chi connectivity index (χ1n) is 9.31. The molecule has 0 aliphatic carbocycles. The van der Waals surface area contributed by atoms with Crippen LogP contribution in [0, 0.1) is 0 Å². The number of carbonyl (C=O) groups is 2. The van der Waals surface area contributed by atoms with Crippen LogP contribution in [0.4, 0.5) is 11.4 Å². The van der Waals surface area contributed by atoms with Gasteiger partial charge >= 0.3 is 0 Å². The van der Waals surface area contributed by atoms with Crippen LogP contribution >= 0.6 is 0 Å². The quantitative estimate of drug-likeness (QED) is 0.585. The summed E-state index contributed by atoms with van der Waals surface area (Å²) >= 11 is 0. The zero-order valence-corrected chi connectivity index (χ0v) is 16.1. The first-order chi connectivity index (χ1) is 13.6. The molecule has 1 aliphatic rings. The summed E-state index contributed by atoms with van der Waals surface area (Å²) in [5, 5.41) is 2.77. The molecule has 0 spiro atoms. The van der Waals surface area contributed by atoms with Crippen molar-refractivity contribution in [2.45, 2.75) is 19.8 Å². The van der Waals surface area contributed by atoms with Gasteiger partial charge in [-0.15, -0.1) is 0 Å². The predicted molar refractivity (Wildman–Crippen MR) is 110 cm³/mol. The number of unbranched alkanes of at least 4 members (excludes halogenated alkanes) is 1.